The number of nitrogens with zero attached hydrogens (tertiary/aromatic N) is 5. The molecule has 2 aromatic rings. The first-order valence-corrected chi connectivity index (χ1v) is 10.8. The molecule has 2 heterocycles. The number of fused-ring (bicyclic) bond motifs is 1. The second-order valence-corrected chi connectivity index (χ2v) is 8.41. The van der Waals surface area contributed by atoms with E-state index in [1.165, 1.54) is 0 Å². The quantitative estimate of drug-likeness (QED) is 0.749. The summed E-state index contributed by atoms with van der Waals surface area (Å²) in [5.41, 5.74) is 1.71. The van der Waals surface area contributed by atoms with Crippen molar-refractivity contribution in [2.24, 2.45) is 0 Å². The van der Waals surface area contributed by atoms with Crippen molar-refractivity contribution in [3.63, 3.8) is 0 Å². The molecule has 3 rings (SSSR count). The van der Waals surface area contributed by atoms with Gasteiger partial charge >= 0.3 is 0 Å². The van der Waals surface area contributed by atoms with E-state index in [1.807, 2.05) is 23.1 Å². The summed E-state index contributed by atoms with van der Waals surface area (Å²) in [6.45, 7) is 9.45. The number of amides is 2. The van der Waals surface area contributed by atoms with Gasteiger partial charge in [0.2, 0.25) is 11.8 Å². The first-order chi connectivity index (χ1) is 14.3. The Kier molecular flexibility index (Phi) is 7.50. The lowest BCUT2D eigenvalue weighted by molar-refractivity contribution is -0.132. The van der Waals surface area contributed by atoms with Gasteiger partial charge in [0.05, 0.1) is 12.0 Å². The number of aromatic nitrogens is 2. The van der Waals surface area contributed by atoms with Crippen molar-refractivity contribution >= 4 is 29.1 Å². The van der Waals surface area contributed by atoms with E-state index < -0.39 is 0 Å². The average molecular weight is 432 g/mol. The van der Waals surface area contributed by atoms with Crippen LogP contribution in [0.5, 0.6) is 0 Å². The lowest BCUT2D eigenvalue weighted by Crippen LogP contribution is -2.42. The van der Waals surface area contributed by atoms with Gasteiger partial charge in [-0.3, -0.25) is 14.5 Å². The molecule has 2 amide bonds. The highest BCUT2D eigenvalue weighted by atomic mass is 35.5. The Labute approximate surface area is 183 Å². The minimum atomic E-state index is -0.0230. The van der Waals surface area contributed by atoms with Crippen molar-refractivity contribution < 1.29 is 9.59 Å². The van der Waals surface area contributed by atoms with Gasteiger partial charge in [-0.15, -0.1) is 0 Å². The predicted octanol–water partition coefficient (Wildman–Crippen LogP) is 3.03. The molecule has 0 radical (unpaired) electrons. The summed E-state index contributed by atoms with van der Waals surface area (Å²) in [6.07, 6.45) is 5.96. The molecule has 1 aromatic carbocycles. The smallest absolute Gasteiger partial charge is 0.242 e. The summed E-state index contributed by atoms with van der Waals surface area (Å²) in [4.78, 5) is 35.6. The predicted molar refractivity (Wildman–Crippen MR) is 118 cm³/mol. The Morgan fingerprint density at radius 3 is 2.63 bits per heavy atom. The number of carbonyl (C=O) groups is 2. The van der Waals surface area contributed by atoms with Crippen LogP contribution in [0.1, 0.15) is 32.8 Å². The topological polar surface area (TPSA) is 61.7 Å². The molecule has 1 aliphatic heterocycles. The molecule has 0 spiro atoms. The van der Waals surface area contributed by atoms with Gasteiger partial charge in [0.15, 0.2) is 0 Å². The fourth-order valence-electron chi connectivity index (χ4n) is 3.81. The van der Waals surface area contributed by atoms with Gasteiger partial charge in [0.1, 0.15) is 6.54 Å². The van der Waals surface area contributed by atoms with E-state index in [1.54, 1.807) is 35.1 Å². The molecule has 0 unspecified atom stereocenters. The van der Waals surface area contributed by atoms with Gasteiger partial charge in [-0.1, -0.05) is 17.7 Å². The van der Waals surface area contributed by atoms with Gasteiger partial charge in [-0.05, 0) is 38.0 Å². The first kappa shape index (κ1) is 22.3. The fourth-order valence-corrected chi connectivity index (χ4v) is 3.98. The third-order valence-corrected chi connectivity index (χ3v) is 5.76. The molecule has 0 saturated heterocycles. The Balaban J connectivity index is 1.94. The maximum Gasteiger partial charge on any atom is 0.242 e. The van der Waals surface area contributed by atoms with Crippen LogP contribution in [-0.2, 0) is 22.7 Å². The van der Waals surface area contributed by atoms with Gasteiger partial charge in [-0.2, -0.15) is 0 Å². The summed E-state index contributed by atoms with van der Waals surface area (Å²) < 4.78 is 1.78. The first-order valence-electron chi connectivity index (χ1n) is 10.4. The van der Waals surface area contributed by atoms with E-state index in [9.17, 15) is 9.59 Å². The highest BCUT2D eigenvalue weighted by Crippen LogP contribution is 2.27. The van der Waals surface area contributed by atoms with Crippen LogP contribution in [0.3, 0.4) is 0 Å². The number of halogens is 1. The van der Waals surface area contributed by atoms with Crippen molar-refractivity contribution in [1.82, 2.24) is 19.4 Å². The summed E-state index contributed by atoms with van der Waals surface area (Å²) >= 11 is 6.27. The molecule has 162 valence electrons. The molecule has 0 fully saturated rings. The number of rotatable bonds is 3. The molecule has 0 aliphatic carbocycles. The third-order valence-electron chi connectivity index (χ3n) is 5.52. The highest BCUT2D eigenvalue weighted by molar-refractivity contribution is 6.31. The maximum absolute atomic E-state index is 13.1. The van der Waals surface area contributed by atoms with E-state index in [2.05, 4.69) is 23.7 Å². The van der Waals surface area contributed by atoms with Crippen LogP contribution in [-0.4, -0.2) is 63.4 Å². The lowest BCUT2D eigenvalue weighted by atomic mass is 10.1. The van der Waals surface area contributed by atoms with Crippen molar-refractivity contribution in [3.05, 3.63) is 47.5 Å². The molecule has 0 N–H and O–H groups in total. The van der Waals surface area contributed by atoms with Crippen LogP contribution < -0.4 is 4.90 Å². The SMILES string of the molecule is CC(=O)N1CCCN(C(C)C)CCN(C(=O)Cn2ccnc2)Cc2ccc(Cl)cc21. The second kappa shape index (κ2) is 10.1. The number of benzene rings is 1. The monoisotopic (exact) mass is 431 g/mol. The van der Waals surface area contributed by atoms with Gasteiger partial charge < -0.3 is 14.4 Å². The van der Waals surface area contributed by atoms with Crippen LogP contribution in [0.2, 0.25) is 5.02 Å². The maximum atomic E-state index is 13.1. The minimum absolute atomic E-state index is 0.0197. The molecule has 30 heavy (non-hydrogen) atoms. The molecule has 0 atom stereocenters. The van der Waals surface area contributed by atoms with Crippen LogP contribution in [0.4, 0.5) is 5.69 Å². The standard InChI is InChI=1S/C22H30ClN5O2/c1-17(2)26-8-4-9-28(18(3)29)21-13-20(23)6-5-19(21)14-27(12-11-26)22(30)15-25-10-7-24-16-25/h5-7,10,13,16-17H,4,8-9,11-12,14-15H2,1-3H3. The molecular weight excluding hydrogens is 402 g/mol. The third kappa shape index (κ3) is 5.61. The van der Waals surface area contributed by atoms with E-state index in [0.29, 0.717) is 30.7 Å². The molecule has 1 aromatic heterocycles. The normalized spacial score (nSPS) is 16.3. The van der Waals surface area contributed by atoms with E-state index in [-0.39, 0.29) is 18.4 Å². The number of anilines is 1. The zero-order valence-corrected chi connectivity index (χ0v) is 18.7. The van der Waals surface area contributed by atoms with Gasteiger partial charge in [0, 0.05) is 63.1 Å². The largest absolute Gasteiger partial charge is 0.335 e. The zero-order chi connectivity index (χ0) is 21.7. The Morgan fingerprint density at radius 2 is 1.97 bits per heavy atom. The van der Waals surface area contributed by atoms with Gasteiger partial charge in [-0.25, -0.2) is 4.98 Å². The molecule has 8 heteroatoms. The average Bonchev–Trinajstić information content (AvgIpc) is 3.18. The minimum Gasteiger partial charge on any atom is -0.335 e. The Bertz CT molecular complexity index is 868. The number of imidazole rings is 1. The summed E-state index contributed by atoms with van der Waals surface area (Å²) in [6, 6.07) is 5.93. The summed E-state index contributed by atoms with van der Waals surface area (Å²) in [7, 11) is 0. The van der Waals surface area contributed by atoms with Crippen molar-refractivity contribution in [1.29, 1.82) is 0 Å². The highest BCUT2D eigenvalue weighted by Gasteiger charge is 2.23. The van der Waals surface area contributed by atoms with Crippen molar-refractivity contribution in [3.8, 4) is 0 Å². The van der Waals surface area contributed by atoms with E-state index in [4.69, 9.17) is 11.6 Å². The van der Waals surface area contributed by atoms with Crippen LogP contribution >= 0.6 is 11.6 Å². The number of carbonyl (C=O) groups excluding carboxylic acids is 2. The lowest BCUT2D eigenvalue weighted by Gasteiger charge is -2.30. The van der Waals surface area contributed by atoms with E-state index >= 15 is 0 Å². The molecule has 7 nitrogen and oxygen atoms in total. The summed E-state index contributed by atoms with van der Waals surface area (Å²) in [5, 5.41) is 0.579. The van der Waals surface area contributed by atoms with Crippen molar-refractivity contribution in [2.75, 3.05) is 31.1 Å². The molecule has 0 saturated carbocycles. The number of hydrogen-bond donors (Lipinski definition) is 0. The molecular formula is C22H30ClN5O2. The van der Waals surface area contributed by atoms with Crippen LogP contribution in [0.15, 0.2) is 36.9 Å². The zero-order valence-electron chi connectivity index (χ0n) is 17.9. The number of hydrogen-bond acceptors (Lipinski definition) is 4. The second-order valence-electron chi connectivity index (χ2n) is 7.98. The van der Waals surface area contributed by atoms with Gasteiger partial charge in [0.25, 0.3) is 0 Å². The Morgan fingerprint density at radius 1 is 1.17 bits per heavy atom. The summed E-state index contributed by atoms with van der Waals surface area (Å²) in [5.74, 6) is -0.00335. The van der Waals surface area contributed by atoms with Crippen LogP contribution in [0, 0.1) is 0 Å². The molecule has 0 bridgehead atoms. The molecule has 1 aliphatic rings. The fraction of sp³-hybridized carbons (Fsp3) is 0.500. The van der Waals surface area contributed by atoms with Crippen LogP contribution in [0.25, 0.3) is 0 Å². The van der Waals surface area contributed by atoms with Crippen molar-refractivity contribution in [2.45, 2.75) is 46.3 Å². The van der Waals surface area contributed by atoms with E-state index in [0.717, 1.165) is 30.8 Å². The Hall–Kier alpha value is -2.38.